The van der Waals surface area contributed by atoms with Crippen LogP contribution in [-0.4, -0.2) is 23.5 Å². The van der Waals surface area contributed by atoms with Crippen LogP contribution in [0.4, 0.5) is 16.3 Å². The molecule has 6 nitrogen and oxygen atoms in total. The summed E-state index contributed by atoms with van der Waals surface area (Å²) in [6, 6.07) is 12.8. The van der Waals surface area contributed by atoms with E-state index in [1.54, 1.807) is 23.2 Å². The van der Waals surface area contributed by atoms with Gasteiger partial charge in [0.1, 0.15) is 5.82 Å². The molecule has 1 aromatic heterocycles. The molecule has 23 heavy (non-hydrogen) atoms. The van der Waals surface area contributed by atoms with Crippen LogP contribution in [0.15, 0.2) is 48.7 Å². The Labute approximate surface area is 134 Å². The maximum Gasteiger partial charge on any atom is 0.320 e. The van der Waals surface area contributed by atoms with Crippen molar-refractivity contribution in [2.24, 2.45) is 0 Å². The Morgan fingerprint density at radius 1 is 1.22 bits per heavy atom. The highest BCUT2D eigenvalue weighted by Crippen LogP contribution is 2.22. The lowest BCUT2D eigenvalue weighted by molar-refractivity contribution is -0.117. The number of benzene rings is 1. The Bertz CT molecular complexity index is 703. The second kappa shape index (κ2) is 6.91. The lowest BCUT2D eigenvalue weighted by Gasteiger charge is -2.16. The Balaban J connectivity index is 1.59. The summed E-state index contributed by atoms with van der Waals surface area (Å²) in [4.78, 5) is 29.6. The molecule has 0 radical (unpaired) electrons. The van der Waals surface area contributed by atoms with E-state index < -0.39 is 0 Å². The Morgan fingerprint density at radius 2 is 2.04 bits per heavy atom. The summed E-state index contributed by atoms with van der Waals surface area (Å²) in [5.74, 6) is 0.531. The molecule has 0 saturated carbocycles. The van der Waals surface area contributed by atoms with Gasteiger partial charge in [0.2, 0.25) is 5.91 Å². The molecule has 2 heterocycles. The van der Waals surface area contributed by atoms with Crippen LogP contribution in [0.3, 0.4) is 0 Å². The van der Waals surface area contributed by atoms with E-state index in [0.29, 0.717) is 25.3 Å². The zero-order chi connectivity index (χ0) is 16.1. The van der Waals surface area contributed by atoms with Crippen LogP contribution in [0, 0.1) is 0 Å². The lowest BCUT2D eigenvalue weighted by Crippen LogP contribution is -2.29. The predicted molar refractivity (Wildman–Crippen MR) is 88.1 cm³/mol. The van der Waals surface area contributed by atoms with Gasteiger partial charge >= 0.3 is 6.03 Å². The average Bonchev–Trinajstić information content (AvgIpc) is 3.00. The molecule has 1 aromatic carbocycles. The first kappa shape index (κ1) is 15.0. The van der Waals surface area contributed by atoms with Crippen molar-refractivity contribution in [1.29, 1.82) is 0 Å². The van der Waals surface area contributed by atoms with Gasteiger partial charge in [-0.15, -0.1) is 0 Å². The number of amides is 3. The van der Waals surface area contributed by atoms with E-state index in [0.717, 1.165) is 17.7 Å². The first-order valence-corrected chi connectivity index (χ1v) is 7.57. The highest BCUT2D eigenvalue weighted by Gasteiger charge is 2.22. The maximum atomic E-state index is 11.9. The van der Waals surface area contributed by atoms with Crippen LogP contribution in [-0.2, 0) is 11.3 Å². The normalized spacial score (nSPS) is 13.9. The number of hydrogen-bond donors (Lipinski definition) is 2. The topological polar surface area (TPSA) is 74.3 Å². The van der Waals surface area contributed by atoms with E-state index in [2.05, 4.69) is 15.6 Å². The van der Waals surface area contributed by atoms with Crippen LogP contribution in [0.25, 0.3) is 0 Å². The molecule has 0 atom stereocenters. The maximum absolute atomic E-state index is 11.9. The Morgan fingerprint density at radius 3 is 2.78 bits per heavy atom. The summed E-state index contributed by atoms with van der Waals surface area (Å²) in [6.45, 7) is 1.15. The highest BCUT2D eigenvalue weighted by atomic mass is 16.2. The van der Waals surface area contributed by atoms with E-state index in [1.165, 1.54) is 0 Å². The van der Waals surface area contributed by atoms with Gasteiger partial charge in [-0.05, 0) is 18.1 Å². The average molecular weight is 310 g/mol. The summed E-state index contributed by atoms with van der Waals surface area (Å²) in [5, 5.41) is 5.47. The van der Waals surface area contributed by atoms with Gasteiger partial charge in [-0.25, -0.2) is 9.78 Å². The highest BCUT2D eigenvalue weighted by molar-refractivity contribution is 5.96. The predicted octanol–water partition coefficient (Wildman–Crippen LogP) is 2.53. The van der Waals surface area contributed by atoms with Crippen LogP contribution in [0.2, 0.25) is 0 Å². The van der Waals surface area contributed by atoms with Gasteiger partial charge in [-0.2, -0.15) is 0 Å². The third-order valence-electron chi connectivity index (χ3n) is 3.67. The summed E-state index contributed by atoms with van der Waals surface area (Å²) in [6.07, 6.45) is 3.03. The SMILES string of the molecule is O=C(NCc1ccccc1)Nc1cc(N2CCCC2=O)ccn1. The zero-order valence-corrected chi connectivity index (χ0v) is 12.7. The number of carbonyl (C=O) groups excluding carboxylic acids is 2. The number of nitrogens with one attached hydrogen (secondary N) is 2. The van der Waals surface area contributed by atoms with Gasteiger partial charge in [0.15, 0.2) is 0 Å². The molecule has 0 bridgehead atoms. The molecule has 2 aromatic rings. The number of pyridine rings is 1. The molecule has 1 saturated heterocycles. The van der Waals surface area contributed by atoms with Gasteiger partial charge in [0, 0.05) is 37.5 Å². The molecule has 1 aliphatic heterocycles. The molecule has 3 rings (SSSR count). The molecule has 6 heteroatoms. The van der Waals surface area contributed by atoms with Crippen molar-refractivity contribution in [3.05, 3.63) is 54.2 Å². The molecule has 118 valence electrons. The second-order valence-corrected chi connectivity index (χ2v) is 5.34. The minimum absolute atomic E-state index is 0.107. The van der Waals surface area contributed by atoms with Crippen molar-refractivity contribution >= 4 is 23.4 Å². The number of anilines is 2. The number of aromatic nitrogens is 1. The van der Waals surface area contributed by atoms with E-state index >= 15 is 0 Å². The smallest absolute Gasteiger partial charge is 0.320 e. The quantitative estimate of drug-likeness (QED) is 0.911. The van der Waals surface area contributed by atoms with Gasteiger partial charge < -0.3 is 10.2 Å². The summed E-state index contributed by atoms with van der Waals surface area (Å²) in [5.41, 5.74) is 1.79. The number of rotatable bonds is 4. The largest absolute Gasteiger partial charge is 0.334 e. The molecule has 2 N–H and O–H groups in total. The van der Waals surface area contributed by atoms with Gasteiger partial charge in [-0.1, -0.05) is 30.3 Å². The monoisotopic (exact) mass is 310 g/mol. The van der Waals surface area contributed by atoms with E-state index in [1.807, 2.05) is 30.3 Å². The molecule has 1 fully saturated rings. The van der Waals surface area contributed by atoms with Crippen LogP contribution in [0.5, 0.6) is 0 Å². The minimum atomic E-state index is -0.328. The summed E-state index contributed by atoms with van der Waals surface area (Å²) < 4.78 is 0. The first-order chi connectivity index (χ1) is 11.2. The number of hydrogen-bond acceptors (Lipinski definition) is 3. The van der Waals surface area contributed by atoms with Crippen molar-refractivity contribution in [1.82, 2.24) is 10.3 Å². The first-order valence-electron chi connectivity index (χ1n) is 7.57. The molecule has 0 unspecified atom stereocenters. The van der Waals surface area contributed by atoms with E-state index in [9.17, 15) is 9.59 Å². The third-order valence-corrected chi connectivity index (χ3v) is 3.67. The van der Waals surface area contributed by atoms with Crippen molar-refractivity contribution in [3.8, 4) is 0 Å². The van der Waals surface area contributed by atoms with Gasteiger partial charge in [0.05, 0.1) is 0 Å². The van der Waals surface area contributed by atoms with E-state index in [4.69, 9.17) is 0 Å². The fourth-order valence-corrected chi connectivity index (χ4v) is 2.52. The fourth-order valence-electron chi connectivity index (χ4n) is 2.52. The Kier molecular flexibility index (Phi) is 4.52. The fraction of sp³-hybridized carbons (Fsp3) is 0.235. The van der Waals surface area contributed by atoms with Crippen molar-refractivity contribution in [2.45, 2.75) is 19.4 Å². The van der Waals surface area contributed by atoms with E-state index in [-0.39, 0.29) is 11.9 Å². The second-order valence-electron chi connectivity index (χ2n) is 5.34. The molecule has 1 aliphatic rings. The molecule has 0 aliphatic carbocycles. The third kappa shape index (κ3) is 3.85. The molecule has 3 amide bonds. The van der Waals surface area contributed by atoms with Gasteiger partial charge in [-0.3, -0.25) is 10.1 Å². The van der Waals surface area contributed by atoms with Crippen molar-refractivity contribution in [3.63, 3.8) is 0 Å². The van der Waals surface area contributed by atoms with Crippen LogP contribution >= 0.6 is 0 Å². The standard InChI is InChI=1S/C17H18N4O2/c22-16-7-4-10-21(16)14-8-9-18-15(11-14)20-17(23)19-12-13-5-2-1-3-6-13/h1-3,5-6,8-9,11H,4,7,10,12H2,(H2,18,19,20,23). The van der Waals surface area contributed by atoms with Crippen LogP contribution < -0.4 is 15.5 Å². The van der Waals surface area contributed by atoms with Crippen molar-refractivity contribution in [2.75, 3.05) is 16.8 Å². The Hall–Kier alpha value is -2.89. The number of urea groups is 1. The minimum Gasteiger partial charge on any atom is -0.334 e. The number of carbonyl (C=O) groups is 2. The summed E-state index contributed by atoms with van der Waals surface area (Å²) >= 11 is 0. The number of nitrogens with zero attached hydrogens (tertiary/aromatic N) is 2. The lowest BCUT2D eigenvalue weighted by atomic mass is 10.2. The summed E-state index contributed by atoms with van der Waals surface area (Å²) in [7, 11) is 0. The van der Waals surface area contributed by atoms with Crippen LogP contribution in [0.1, 0.15) is 18.4 Å². The molecular formula is C17H18N4O2. The van der Waals surface area contributed by atoms with Gasteiger partial charge in [0.25, 0.3) is 0 Å². The molecular weight excluding hydrogens is 292 g/mol. The zero-order valence-electron chi connectivity index (χ0n) is 12.7. The molecule has 0 spiro atoms. The van der Waals surface area contributed by atoms with Crippen molar-refractivity contribution < 1.29 is 9.59 Å².